The van der Waals surface area contributed by atoms with Gasteiger partial charge in [0, 0.05) is 31.1 Å². The number of carbonyl (C=O) groups excluding carboxylic acids is 1. The minimum Gasteiger partial charge on any atom is -0.480 e. The lowest BCUT2D eigenvalue weighted by Gasteiger charge is -2.33. The largest absolute Gasteiger partial charge is 0.480 e. The number of carboxylic acids is 1. The number of nitrogens with one attached hydrogen (secondary N) is 2. The molecule has 1 aliphatic rings. The number of halogens is 2. The molecule has 2 rings (SSSR count). The summed E-state index contributed by atoms with van der Waals surface area (Å²) in [5, 5.41) is 15.1. The Morgan fingerprint density at radius 2 is 1.90 bits per heavy atom. The highest BCUT2D eigenvalue weighted by Crippen LogP contribution is 2.26. The van der Waals surface area contributed by atoms with Gasteiger partial charge in [-0.25, -0.2) is 9.59 Å². The third-order valence-electron chi connectivity index (χ3n) is 3.29. The van der Waals surface area contributed by atoms with Gasteiger partial charge in [0.05, 0.1) is 10.7 Å². The maximum atomic E-state index is 12.0. The molecular formula is C13H14Cl2N2O4. The summed E-state index contributed by atoms with van der Waals surface area (Å²) in [7, 11) is 0. The lowest BCUT2D eigenvalue weighted by atomic mass is 9.90. The highest BCUT2D eigenvalue weighted by atomic mass is 35.5. The molecule has 6 nitrogen and oxygen atoms in total. The summed E-state index contributed by atoms with van der Waals surface area (Å²) in [6.07, 6.45) is 0.425. The van der Waals surface area contributed by atoms with Crippen molar-refractivity contribution in [3.63, 3.8) is 0 Å². The molecule has 1 aromatic carbocycles. The first-order valence-corrected chi connectivity index (χ1v) is 7.04. The fourth-order valence-electron chi connectivity index (χ4n) is 2.07. The summed E-state index contributed by atoms with van der Waals surface area (Å²) in [6, 6.07) is 3.97. The van der Waals surface area contributed by atoms with E-state index in [9.17, 15) is 14.7 Å². The highest BCUT2D eigenvalue weighted by molar-refractivity contribution is 6.36. The number of hydrogen-bond acceptors (Lipinski definition) is 3. The highest BCUT2D eigenvalue weighted by Gasteiger charge is 2.41. The molecule has 1 saturated heterocycles. The number of ether oxygens (including phenoxy) is 1. The van der Waals surface area contributed by atoms with Crippen LogP contribution >= 0.6 is 23.2 Å². The number of urea groups is 1. The normalized spacial score (nSPS) is 17.0. The quantitative estimate of drug-likeness (QED) is 0.794. The molecular weight excluding hydrogens is 319 g/mol. The summed E-state index contributed by atoms with van der Waals surface area (Å²) >= 11 is 11.7. The van der Waals surface area contributed by atoms with Crippen LogP contribution < -0.4 is 10.6 Å². The first-order chi connectivity index (χ1) is 9.93. The van der Waals surface area contributed by atoms with Crippen LogP contribution in [0.3, 0.4) is 0 Å². The van der Waals surface area contributed by atoms with Crippen LogP contribution in [0.1, 0.15) is 12.8 Å². The van der Waals surface area contributed by atoms with E-state index in [4.69, 9.17) is 27.9 Å². The Morgan fingerprint density at radius 1 is 1.24 bits per heavy atom. The molecule has 2 amide bonds. The second kappa shape index (κ2) is 6.51. The molecule has 0 spiro atoms. The van der Waals surface area contributed by atoms with Crippen molar-refractivity contribution in [2.45, 2.75) is 18.4 Å². The molecule has 0 saturated carbocycles. The monoisotopic (exact) mass is 332 g/mol. The lowest BCUT2D eigenvalue weighted by molar-refractivity contribution is -0.148. The fourth-order valence-corrected chi connectivity index (χ4v) is 2.53. The summed E-state index contributed by atoms with van der Waals surface area (Å²) in [6.45, 7) is 0.572. The second-order valence-electron chi connectivity index (χ2n) is 4.70. The van der Waals surface area contributed by atoms with Crippen LogP contribution in [-0.4, -0.2) is 35.9 Å². The number of carbonyl (C=O) groups is 2. The first-order valence-electron chi connectivity index (χ1n) is 6.28. The number of aliphatic carboxylic acids is 1. The molecule has 3 N–H and O–H groups in total. The third-order valence-corrected chi connectivity index (χ3v) is 3.84. The van der Waals surface area contributed by atoms with Crippen molar-refractivity contribution in [2.24, 2.45) is 0 Å². The third kappa shape index (κ3) is 3.78. The number of anilines is 1. The summed E-state index contributed by atoms with van der Waals surface area (Å²) < 4.78 is 5.14. The Balaban J connectivity index is 2.07. The van der Waals surface area contributed by atoms with Gasteiger partial charge in [0.1, 0.15) is 5.54 Å². The Bertz CT molecular complexity index is 559. The Labute approximate surface area is 131 Å². The van der Waals surface area contributed by atoms with E-state index in [1.165, 1.54) is 6.07 Å². The minimum absolute atomic E-state index is 0.212. The topological polar surface area (TPSA) is 87.7 Å². The molecule has 0 radical (unpaired) electrons. The molecule has 0 unspecified atom stereocenters. The van der Waals surface area contributed by atoms with E-state index in [-0.39, 0.29) is 31.1 Å². The zero-order valence-electron chi connectivity index (χ0n) is 11.0. The van der Waals surface area contributed by atoms with Crippen molar-refractivity contribution in [2.75, 3.05) is 18.5 Å². The van der Waals surface area contributed by atoms with Crippen LogP contribution in [-0.2, 0) is 9.53 Å². The van der Waals surface area contributed by atoms with E-state index < -0.39 is 17.5 Å². The van der Waals surface area contributed by atoms with Crippen LogP contribution in [0.5, 0.6) is 0 Å². The van der Waals surface area contributed by atoms with Crippen LogP contribution in [0.25, 0.3) is 0 Å². The van der Waals surface area contributed by atoms with Crippen molar-refractivity contribution in [3.05, 3.63) is 28.2 Å². The Hall–Kier alpha value is -1.50. The molecule has 1 heterocycles. The summed E-state index contributed by atoms with van der Waals surface area (Å²) in [5.41, 5.74) is -0.965. The number of rotatable bonds is 3. The number of hydrogen-bond donors (Lipinski definition) is 3. The lowest BCUT2D eigenvalue weighted by Crippen LogP contribution is -2.58. The number of amides is 2. The van der Waals surface area contributed by atoms with E-state index in [1.807, 2.05) is 0 Å². The maximum Gasteiger partial charge on any atom is 0.329 e. The van der Waals surface area contributed by atoms with Gasteiger partial charge in [0.25, 0.3) is 0 Å². The standard InChI is InChI=1S/C13H14Cl2N2O4/c14-8-1-2-10(9(15)7-8)16-12(20)17-13(11(18)19)3-5-21-6-4-13/h1-2,7H,3-6H2,(H,18,19)(H2,16,17,20). The Kier molecular flexibility index (Phi) is 4.92. The van der Waals surface area contributed by atoms with Gasteiger partial charge in [-0.05, 0) is 18.2 Å². The molecule has 0 aliphatic carbocycles. The van der Waals surface area contributed by atoms with Crippen molar-refractivity contribution >= 4 is 40.9 Å². The molecule has 0 aromatic heterocycles. The van der Waals surface area contributed by atoms with Crippen LogP contribution in [0.2, 0.25) is 10.0 Å². The molecule has 21 heavy (non-hydrogen) atoms. The molecule has 1 fully saturated rings. The van der Waals surface area contributed by atoms with Crippen molar-refractivity contribution in [1.82, 2.24) is 5.32 Å². The van der Waals surface area contributed by atoms with Gasteiger partial charge in [-0.1, -0.05) is 23.2 Å². The Morgan fingerprint density at radius 3 is 2.48 bits per heavy atom. The van der Waals surface area contributed by atoms with Gasteiger partial charge in [-0.3, -0.25) is 0 Å². The SMILES string of the molecule is O=C(Nc1ccc(Cl)cc1Cl)NC1(C(=O)O)CCOCC1. The fraction of sp³-hybridized carbons (Fsp3) is 0.385. The second-order valence-corrected chi connectivity index (χ2v) is 5.55. The van der Waals surface area contributed by atoms with Crippen LogP contribution in [0.4, 0.5) is 10.5 Å². The first kappa shape index (κ1) is 15.9. The van der Waals surface area contributed by atoms with Gasteiger partial charge < -0.3 is 20.5 Å². The maximum absolute atomic E-state index is 12.0. The van der Waals surface area contributed by atoms with Crippen LogP contribution in [0.15, 0.2) is 18.2 Å². The summed E-state index contributed by atoms with van der Waals surface area (Å²) in [5.74, 6) is -1.08. The van der Waals surface area contributed by atoms with Gasteiger partial charge in [0.15, 0.2) is 0 Å². The van der Waals surface area contributed by atoms with E-state index in [0.29, 0.717) is 10.7 Å². The predicted octanol–water partition coefficient (Wildman–Crippen LogP) is 2.75. The van der Waals surface area contributed by atoms with E-state index in [1.54, 1.807) is 12.1 Å². The molecule has 1 aliphatic heterocycles. The minimum atomic E-state index is -1.32. The van der Waals surface area contributed by atoms with E-state index in [0.717, 1.165) is 0 Å². The summed E-state index contributed by atoms with van der Waals surface area (Å²) in [4.78, 5) is 23.4. The van der Waals surface area contributed by atoms with Gasteiger partial charge >= 0.3 is 12.0 Å². The molecule has 8 heteroatoms. The van der Waals surface area contributed by atoms with Gasteiger partial charge in [0.2, 0.25) is 0 Å². The molecule has 114 valence electrons. The van der Waals surface area contributed by atoms with Crippen molar-refractivity contribution in [3.8, 4) is 0 Å². The zero-order valence-corrected chi connectivity index (χ0v) is 12.5. The van der Waals surface area contributed by atoms with E-state index >= 15 is 0 Å². The molecule has 0 atom stereocenters. The zero-order chi connectivity index (χ0) is 15.5. The number of carboxylic acid groups (broad SMARTS) is 1. The van der Waals surface area contributed by atoms with Crippen LogP contribution in [0, 0.1) is 0 Å². The molecule has 0 bridgehead atoms. The smallest absolute Gasteiger partial charge is 0.329 e. The van der Waals surface area contributed by atoms with E-state index in [2.05, 4.69) is 10.6 Å². The average molecular weight is 333 g/mol. The molecule has 1 aromatic rings. The van der Waals surface area contributed by atoms with Crippen molar-refractivity contribution < 1.29 is 19.4 Å². The van der Waals surface area contributed by atoms with Gasteiger partial charge in [-0.2, -0.15) is 0 Å². The average Bonchev–Trinajstić information content (AvgIpc) is 2.43. The number of benzene rings is 1. The van der Waals surface area contributed by atoms with Crippen molar-refractivity contribution in [1.29, 1.82) is 0 Å². The van der Waals surface area contributed by atoms with Gasteiger partial charge in [-0.15, -0.1) is 0 Å². The predicted molar refractivity (Wildman–Crippen MR) is 79.0 cm³/mol.